The molecule has 0 aromatic carbocycles. The van der Waals surface area contributed by atoms with Crippen molar-refractivity contribution in [2.24, 2.45) is 5.73 Å². The van der Waals surface area contributed by atoms with Crippen LogP contribution in [0.2, 0.25) is 0 Å². The first-order valence-electron chi connectivity index (χ1n) is 5.51. The van der Waals surface area contributed by atoms with E-state index in [4.69, 9.17) is 5.73 Å². The van der Waals surface area contributed by atoms with Crippen LogP contribution in [0.4, 0.5) is 13.2 Å². The highest BCUT2D eigenvalue weighted by molar-refractivity contribution is 7.10. The van der Waals surface area contributed by atoms with Gasteiger partial charge in [0.25, 0.3) is 0 Å². The average molecular weight is 290 g/mol. The summed E-state index contributed by atoms with van der Waals surface area (Å²) in [6, 6.07) is 1.78. The summed E-state index contributed by atoms with van der Waals surface area (Å²) in [6.07, 6.45) is -5.97. The van der Waals surface area contributed by atoms with E-state index in [-0.39, 0.29) is 13.1 Å². The van der Waals surface area contributed by atoms with Crippen LogP contribution in [0.15, 0.2) is 11.4 Å². The van der Waals surface area contributed by atoms with Crippen molar-refractivity contribution >= 4 is 17.2 Å². The maximum Gasteiger partial charge on any atom is 0.389 e. The van der Waals surface area contributed by atoms with Gasteiger partial charge >= 0.3 is 6.18 Å². The summed E-state index contributed by atoms with van der Waals surface area (Å²) in [5.41, 5.74) is 5.99. The van der Waals surface area contributed by atoms with E-state index >= 15 is 0 Å². The van der Waals surface area contributed by atoms with Gasteiger partial charge in [0, 0.05) is 16.9 Å². The summed E-state index contributed by atoms with van der Waals surface area (Å²) in [7, 11) is 0. The van der Waals surface area contributed by atoms with E-state index < -0.39 is 24.9 Å². The molecule has 1 heterocycles. The molecule has 19 heavy (non-hydrogen) atoms. The van der Waals surface area contributed by atoms with Gasteiger partial charge in [-0.25, -0.2) is 0 Å². The van der Waals surface area contributed by atoms with Crippen LogP contribution >= 0.6 is 11.3 Å². The number of rotatable bonds is 4. The fourth-order valence-corrected chi connectivity index (χ4v) is 2.03. The Balaban J connectivity index is 2.44. The quantitative estimate of drug-likeness (QED) is 0.834. The number of alkyl halides is 3. The summed E-state index contributed by atoms with van der Waals surface area (Å²) in [5, 5.41) is 4.25. The third kappa shape index (κ3) is 6.27. The minimum atomic E-state index is -4.31. The molecule has 0 fully saturated rings. The SMILES string of the molecule is NCC#Cc1ccsc1CNC(=O)CCC(F)(F)F. The zero-order valence-electron chi connectivity index (χ0n) is 10.0. The molecule has 0 aliphatic carbocycles. The monoisotopic (exact) mass is 290 g/mol. The lowest BCUT2D eigenvalue weighted by atomic mass is 10.2. The molecule has 7 heteroatoms. The third-order valence-electron chi connectivity index (χ3n) is 2.15. The molecule has 1 amide bonds. The highest BCUT2D eigenvalue weighted by Gasteiger charge is 2.27. The van der Waals surface area contributed by atoms with Gasteiger partial charge in [0.05, 0.1) is 19.5 Å². The highest BCUT2D eigenvalue weighted by Crippen LogP contribution is 2.21. The Hall–Kier alpha value is -1.52. The van der Waals surface area contributed by atoms with Gasteiger partial charge < -0.3 is 11.1 Å². The molecule has 0 aliphatic rings. The van der Waals surface area contributed by atoms with E-state index in [0.29, 0.717) is 0 Å². The van der Waals surface area contributed by atoms with Crippen molar-refractivity contribution in [1.82, 2.24) is 5.32 Å². The zero-order chi connectivity index (χ0) is 14.3. The van der Waals surface area contributed by atoms with Crippen molar-refractivity contribution in [1.29, 1.82) is 0 Å². The van der Waals surface area contributed by atoms with Crippen LogP contribution in [-0.4, -0.2) is 18.6 Å². The number of amides is 1. The second-order valence-corrected chi connectivity index (χ2v) is 4.66. The van der Waals surface area contributed by atoms with Crippen LogP contribution in [0.5, 0.6) is 0 Å². The fourth-order valence-electron chi connectivity index (χ4n) is 1.26. The Bertz CT molecular complexity index is 485. The van der Waals surface area contributed by atoms with Crippen LogP contribution < -0.4 is 11.1 Å². The molecular weight excluding hydrogens is 277 g/mol. The van der Waals surface area contributed by atoms with E-state index in [9.17, 15) is 18.0 Å². The maximum atomic E-state index is 11.9. The molecule has 1 rings (SSSR count). The number of hydrogen-bond acceptors (Lipinski definition) is 3. The molecule has 0 radical (unpaired) electrons. The van der Waals surface area contributed by atoms with Crippen LogP contribution in [0.1, 0.15) is 23.3 Å². The molecule has 0 unspecified atom stereocenters. The Morgan fingerprint density at radius 3 is 2.84 bits per heavy atom. The standard InChI is InChI=1S/C12H13F3N2OS/c13-12(14,15)5-3-11(18)17-8-10-9(2-1-6-16)4-7-19-10/h4,7H,3,5-6,8,16H2,(H,17,18). The number of carbonyl (C=O) groups is 1. The first-order valence-corrected chi connectivity index (χ1v) is 6.39. The molecule has 0 saturated carbocycles. The molecule has 0 aliphatic heterocycles. The van der Waals surface area contributed by atoms with Crippen LogP contribution in [-0.2, 0) is 11.3 Å². The number of halogens is 3. The molecule has 0 saturated heterocycles. The molecule has 1 aromatic rings. The topological polar surface area (TPSA) is 55.1 Å². The number of nitrogens with one attached hydrogen (secondary N) is 1. The molecule has 104 valence electrons. The lowest BCUT2D eigenvalue weighted by Gasteiger charge is -2.06. The third-order valence-corrected chi connectivity index (χ3v) is 3.07. The maximum absolute atomic E-state index is 11.9. The normalized spacial score (nSPS) is 10.7. The Labute approximate surface area is 113 Å². The average Bonchev–Trinajstić information content (AvgIpc) is 2.77. The minimum absolute atomic E-state index is 0.183. The molecule has 0 bridgehead atoms. The van der Waals surface area contributed by atoms with Crippen LogP contribution in [0.3, 0.4) is 0 Å². The number of thiophene rings is 1. The minimum Gasteiger partial charge on any atom is -0.351 e. The van der Waals surface area contributed by atoms with E-state index in [0.717, 1.165) is 10.4 Å². The summed E-state index contributed by atoms with van der Waals surface area (Å²) in [4.78, 5) is 12.1. The molecule has 3 nitrogen and oxygen atoms in total. The summed E-state index contributed by atoms with van der Waals surface area (Å²) in [6.45, 7) is 0.413. The van der Waals surface area contributed by atoms with Crippen molar-refractivity contribution in [2.75, 3.05) is 6.54 Å². The van der Waals surface area contributed by atoms with Crippen molar-refractivity contribution in [3.05, 3.63) is 21.9 Å². The Morgan fingerprint density at radius 2 is 2.21 bits per heavy atom. The first-order chi connectivity index (χ1) is 8.92. The van der Waals surface area contributed by atoms with Gasteiger partial charge in [-0.2, -0.15) is 13.2 Å². The van der Waals surface area contributed by atoms with Crippen molar-refractivity contribution in [2.45, 2.75) is 25.6 Å². The zero-order valence-corrected chi connectivity index (χ0v) is 10.8. The van der Waals surface area contributed by atoms with Crippen molar-refractivity contribution in [3.63, 3.8) is 0 Å². The Morgan fingerprint density at radius 1 is 1.47 bits per heavy atom. The van der Waals surface area contributed by atoms with Gasteiger partial charge in [-0.1, -0.05) is 11.8 Å². The molecule has 1 aromatic heterocycles. The van der Waals surface area contributed by atoms with Crippen LogP contribution in [0.25, 0.3) is 0 Å². The fraction of sp³-hybridized carbons (Fsp3) is 0.417. The number of carbonyl (C=O) groups excluding carboxylic acids is 1. The summed E-state index contributed by atoms with van der Waals surface area (Å²) < 4.78 is 35.8. The predicted molar refractivity (Wildman–Crippen MR) is 67.4 cm³/mol. The van der Waals surface area contributed by atoms with Gasteiger partial charge in [0.15, 0.2) is 0 Å². The molecule has 3 N–H and O–H groups in total. The van der Waals surface area contributed by atoms with Crippen molar-refractivity contribution < 1.29 is 18.0 Å². The number of nitrogens with two attached hydrogens (primary N) is 1. The lowest BCUT2D eigenvalue weighted by Crippen LogP contribution is -2.24. The smallest absolute Gasteiger partial charge is 0.351 e. The summed E-state index contributed by atoms with van der Waals surface area (Å²) in [5.74, 6) is 4.90. The lowest BCUT2D eigenvalue weighted by molar-refractivity contribution is -0.144. The summed E-state index contributed by atoms with van der Waals surface area (Å²) >= 11 is 1.39. The Kier molecular flexibility index (Phi) is 5.86. The molecule has 0 atom stereocenters. The van der Waals surface area contributed by atoms with Crippen LogP contribution in [0, 0.1) is 11.8 Å². The number of hydrogen-bond donors (Lipinski definition) is 2. The van der Waals surface area contributed by atoms with E-state index in [1.165, 1.54) is 11.3 Å². The van der Waals surface area contributed by atoms with Gasteiger partial charge in [-0.05, 0) is 11.4 Å². The molecule has 0 spiro atoms. The predicted octanol–water partition coefficient (Wildman–Crippen LogP) is 2.02. The van der Waals surface area contributed by atoms with Gasteiger partial charge in [-0.15, -0.1) is 11.3 Å². The van der Waals surface area contributed by atoms with Gasteiger partial charge in [-0.3, -0.25) is 4.79 Å². The largest absolute Gasteiger partial charge is 0.389 e. The highest BCUT2D eigenvalue weighted by atomic mass is 32.1. The van der Waals surface area contributed by atoms with Gasteiger partial charge in [0.1, 0.15) is 0 Å². The van der Waals surface area contributed by atoms with Gasteiger partial charge in [0.2, 0.25) is 5.91 Å². The van der Waals surface area contributed by atoms with E-state index in [2.05, 4.69) is 17.2 Å². The van der Waals surface area contributed by atoms with Crippen molar-refractivity contribution in [3.8, 4) is 11.8 Å². The van der Waals surface area contributed by atoms with E-state index in [1.54, 1.807) is 11.4 Å². The first kappa shape index (κ1) is 15.5. The second-order valence-electron chi connectivity index (χ2n) is 3.66. The van der Waals surface area contributed by atoms with E-state index in [1.807, 2.05) is 0 Å². The molecular formula is C12H13F3N2OS. The second kappa shape index (κ2) is 7.16.